The first-order valence-corrected chi connectivity index (χ1v) is 15.2. The van der Waals surface area contributed by atoms with Gasteiger partial charge in [-0.1, -0.05) is 136 Å². The van der Waals surface area contributed by atoms with Crippen LogP contribution in [0, 0.1) is 0 Å². The number of halogens is 1. The van der Waals surface area contributed by atoms with Gasteiger partial charge in [-0.05, 0) is 6.42 Å². The molecular formula is C30H63ClN2O2. The first kappa shape index (κ1) is 36.8. The first-order chi connectivity index (χ1) is 16.4. The third-order valence-electron chi connectivity index (χ3n) is 7.66. The molecule has 2 atom stereocenters. The molecule has 0 bridgehead atoms. The Bertz CT molecular complexity index is 460. The predicted molar refractivity (Wildman–Crippen MR) is 149 cm³/mol. The molecule has 0 aromatic heterocycles. The number of carbonyl (C=O) groups is 1. The fraction of sp³-hybridized carbons (Fsp3) is 0.967. The molecule has 0 spiro atoms. The fourth-order valence-electron chi connectivity index (χ4n) is 5.04. The second-order valence-corrected chi connectivity index (χ2v) is 11.1. The van der Waals surface area contributed by atoms with Crippen LogP contribution in [0.1, 0.15) is 162 Å². The minimum absolute atomic E-state index is 0. The number of carbonyl (C=O) groups excluding carboxylic acids is 1. The Morgan fingerprint density at radius 3 is 1.29 bits per heavy atom. The molecule has 0 aliphatic rings. The van der Waals surface area contributed by atoms with E-state index < -0.39 is 6.23 Å². The second-order valence-electron chi connectivity index (χ2n) is 11.1. The van der Waals surface area contributed by atoms with Gasteiger partial charge in [0.05, 0.1) is 14.1 Å². The Balaban J connectivity index is 0. The van der Waals surface area contributed by atoms with Crippen LogP contribution in [0.3, 0.4) is 0 Å². The summed E-state index contributed by atoms with van der Waals surface area (Å²) in [5, 5.41) is 13.4. The third-order valence-corrected chi connectivity index (χ3v) is 7.66. The maximum Gasteiger partial charge on any atom is 0.224 e. The fourth-order valence-corrected chi connectivity index (χ4v) is 5.04. The van der Waals surface area contributed by atoms with E-state index in [1.807, 2.05) is 21.0 Å². The van der Waals surface area contributed by atoms with Gasteiger partial charge in [0.1, 0.15) is 0 Å². The molecular weight excluding hydrogens is 456 g/mol. The first-order valence-electron chi connectivity index (χ1n) is 15.2. The van der Waals surface area contributed by atoms with E-state index in [9.17, 15) is 9.90 Å². The lowest BCUT2D eigenvalue weighted by Crippen LogP contribution is -3.00. The van der Waals surface area contributed by atoms with Crippen LogP contribution in [0.2, 0.25) is 0 Å². The molecule has 0 aliphatic carbocycles. The number of quaternary nitrogens is 1. The number of hydrogen-bond acceptors (Lipinski definition) is 2. The van der Waals surface area contributed by atoms with E-state index in [4.69, 9.17) is 0 Å². The third kappa shape index (κ3) is 20.4. The zero-order chi connectivity index (χ0) is 25.5. The van der Waals surface area contributed by atoms with Gasteiger partial charge in [-0.25, -0.2) is 0 Å². The molecule has 5 heteroatoms. The van der Waals surface area contributed by atoms with Crippen molar-refractivity contribution in [3.05, 3.63) is 0 Å². The Morgan fingerprint density at radius 2 is 0.971 bits per heavy atom. The average molecular weight is 519 g/mol. The molecule has 35 heavy (non-hydrogen) atoms. The summed E-state index contributed by atoms with van der Waals surface area (Å²) < 4.78 is 0.429. The topological polar surface area (TPSA) is 49.3 Å². The summed E-state index contributed by atoms with van der Waals surface area (Å²) in [4.78, 5) is 12.3. The van der Waals surface area contributed by atoms with Crippen LogP contribution in [0.4, 0.5) is 0 Å². The van der Waals surface area contributed by atoms with Gasteiger partial charge >= 0.3 is 0 Å². The molecule has 212 valence electrons. The van der Waals surface area contributed by atoms with E-state index in [1.54, 1.807) is 0 Å². The van der Waals surface area contributed by atoms with Crippen molar-refractivity contribution in [2.45, 2.75) is 174 Å². The van der Waals surface area contributed by atoms with Gasteiger partial charge < -0.3 is 22.8 Å². The minimum Gasteiger partial charge on any atom is -1.00 e. The normalized spacial score (nSPS) is 13.3. The molecule has 0 fully saturated rings. The second kappa shape index (κ2) is 25.3. The Kier molecular flexibility index (Phi) is 26.7. The van der Waals surface area contributed by atoms with E-state index in [0.29, 0.717) is 17.3 Å². The molecule has 0 heterocycles. The van der Waals surface area contributed by atoms with Crippen molar-refractivity contribution in [2.24, 2.45) is 0 Å². The van der Waals surface area contributed by atoms with Gasteiger partial charge in [0.2, 0.25) is 5.91 Å². The van der Waals surface area contributed by atoms with Crippen molar-refractivity contribution in [3.63, 3.8) is 0 Å². The van der Waals surface area contributed by atoms with Gasteiger partial charge in [-0.2, -0.15) is 0 Å². The summed E-state index contributed by atoms with van der Waals surface area (Å²) in [5.74, 6) is 0.133. The van der Waals surface area contributed by atoms with E-state index >= 15 is 0 Å². The van der Waals surface area contributed by atoms with Gasteiger partial charge in [-0.3, -0.25) is 9.28 Å². The number of unbranched alkanes of at least 4 members (excludes halogenated alkanes) is 18. The van der Waals surface area contributed by atoms with Crippen LogP contribution in [0.5, 0.6) is 0 Å². The Morgan fingerprint density at radius 1 is 0.629 bits per heavy atom. The van der Waals surface area contributed by atoms with Crippen LogP contribution in [-0.2, 0) is 4.79 Å². The lowest BCUT2D eigenvalue weighted by Gasteiger charge is -2.41. The smallest absolute Gasteiger partial charge is 0.224 e. The number of amides is 1. The predicted octanol–water partition coefficient (Wildman–Crippen LogP) is 5.47. The van der Waals surface area contributed by atoms with E-state index in [2.05, 4.69) is 19.2 Å². The van der Waals surface area contributed by atoms with E-state index in [-0.39, 0.29) is 24.5 Å². The van der Waals surface area contributed by atoms with Crippen molar-refractivity contribution < 1.29 is 26.8 Å². The lowest BCUT2D eigenvalue weighted by molar-refractivity contribution is -0.961. The molecule has 0 saturated carbocycles. The number of aliphatic hydroxyl groups is 1. The molecule has 0 saturated heterocycles. The molecule has 0 aromatic rings. The molecule has 4 nitrogen and oxygen atoms in total. The van der Waals surface area contributed by atoms with Crippen LogP contribution in [-0.4, -0.2) is 42.0 Å². The van der Waals surface area contributed by atoms with Crippen molar-refractivity contribution in [2.75, 3.05) is 14.1 Å². The largest absolute Gasteiger partial charge is 1.00 e. The zero-order valence-corrected chi connectivity index (χ0v) is 25.1. The highest BCUT2D eigenvalue weighted by Gasteiger charge is 2.33. The number of rotatable bonds is 25. The Labute approximate surface area is 226 Å². The average Bonchev–Trinajstić information content (AvgIpc) is 2.83. The summed E-state index contributed by atoms with van der Waals surface area (Å²) >= 11 is 0. The summed E-state index contributed by atoms with van der Waals surface area (Å²) in [5.41, 5.74) is 0. The van der Waals surface area contributed by atoms with E-state index in [0.717, 1.165) is 19.3 Å². The number of hydrogen-bond donors (Lipinski definition) is 2. The van der Waals surface area contributed by atoms with Crippen LogP contribution < -0.4 is 17.7 Å². The molecule has 1 amide bonds. The lowest BCUT2D eigenvalue weighted by atomic mass is 10.0. The number of nitrogens with one attached hydrogen (secondary N) is 1. The number of nitrogens with zero attached hydrogens (tertiary/aromatic N) is 1. The van der Waals surface area contributed by atoms with Crippen molar-refractivity contribution in [1.82, 2.24) is 5.32 Å². The van der Waals surface area contributed by atoms with Gasteiger partial charge in [0.15, 0.2) is 12.4 Å². The van der Waals surface area contributed by atoms with Crippen LogP contribution >= 0.6 is 0 Å². The van der Waals surface area contributed by atoms with Crippen LogP contribution in [0.25, 0.3) is 0 Å². The van der Waals surface area contributed by atoms with Crippen molar-refractivity contribution in [1.29, 1.82) is 0 Å². The highest BCUT2D eigenvalue weighted by Crippen LogP contribution is 2.17. The molecule has 2 unspecified atom stereocenters. The molecule has 0 aromatic carbocycles. The number of aliphatic hydroxyl groups excluding tert-OH is 1. The summed E-state index contributed by atoms with van der Waals surface area (Å²) in [6.45, 7) is 6.35. The highest BCUT2D eigenvalue weighted by molar-refractivity contribution is 5.75. The van der Waals surface area contributed by atoms with Crippen molar-refractivity contribution >= 4 is 5.91 Å². The van der Waals surface area contributed by atoms with Gasteiger partial charge in [-0.15, -0.1) is 0 Å². The minimum atomic E-state index is -0.444. The van der Waals surface area contributed by atoms with Gasteiger partial charge in [0.25, 0.3) is 0 Å². The summed E-state index contributed by atoms with van der Waals surface area (Å²) in [6.07, 6.45) is 27.7. The SMILES string of the molecule is CCCCCCCCCCCCCCCCCCCCCC(=O)NC(CC)[N+](C)(C)C(O)CC.[Cl-]. The molecule has 0 rings (SSSR count). The standard InChI is InChI=1S/C30H62N2O2.ClH/c1-6-9-10-11-12-13-14-15-16-17-18-19-20-21-22-23-24-25-26-27-29(33)31-28(7-2)32(4,5)30(34)8-3;/h28,30,34H,6-27H2,1-5H3;1H. The maximum atomic E-state index is 12.3. The molecule has 0 aliphatic heterocycles. The van der Waals surface area contributed by atoms with Crippen molar-refractivity contribution in [3.8, 4) is 0 Å². The highest BCUT2D eigenvalue weighted by atomic mass is 35.5. The monoisotopic (exact) mass is 518 g/mol. The quantitative estimate of drug-likeness (QED) is 0.0956. The molecule has 2 N–H and O–H groups in total. The Hall–Kier alpha value is -0.320. The van der Waals surface area contributed by atoms with Gasteiger partial charge in [0, 0.05) is 19.3 Å². The summed E-state index contributed by atoms with van der Waals surface area (Å²) in [6, 6.07) is 0. The maximum absolute atomic E-state index is 12.3. The zero-order valence-electron chi connectivity index (χ0n) is 24.4. The summed E-state index contributed by atoms with van der Waals surface area (Å²) in [7, 11) is 4.00. The van der Waals surface area contributed by atoms with Crippen LogP contribution in [0.15, 0.2) is 0 Å². The molecule has 0 radical (unpaired) electrons. The van der Waals surface area contributed by atoms with E-state index in [1.165, 1.54) is 109 Å².